The maximum atomic E-state index is 9.92. The van der Waals surface area contributed by atoms with Crippen LogP contribution in [0.5, 0.6) is 23.0 Å². The number of rotatable bonds is 2. The normalized spacial score (nSPS) is 14.9. The van der Waals surface area contributed by atoms with E-state index in [1.165, 1.54) is 0 Å². The van der Waals surface area contributed by atoms with Crippen LogP contribution in [0.15, 0.2) is 158 Å². The van der Waals surface area contributed by atoms with Crippen molar-refractivity contribution in [3.05, 3.63) is 158 Å². The Morgan fingerprint density at radius 2 is 1.10 bits per heavy atom. The zero-order valence-corrected chi connectivity index (χ0v) is 25.3. The van der Waals surface area contributed by atoms with Gasteiger partial charge in [0.25, 0.3) is 6.71 Å². The predicted octanol–water partition coefficient (Wildman–Crippen LogP) is 9.48. The van der Waals surface area contributed by atoms with Gasteiger partial charge in [0, 0.05) is 28.4 Å². The topological polar surface area (TPSA) is 23.4 Å². The quantitative estimate of drug-likeness (QED) is 0.142. The van der Waals surface area contributed by atoms with Crippen molar-refractivity contribution in [1.29, 1.82) is 0 Å². The minimum atomic E-state index is -0.446. The van der Waals surface area contributed by atoms with Gasteiger partial charge in [-0.3, -0.25) is 0 Å². The minimum absolute atomic E-state index is 0.0958. The van der Waals surface area contributed by atoms with Crippen molar-refractivity contribution in [2.24, 2.45) is 0 Å². The van der Waals surface area contributed by atoms with Crippen molar-refractivity contribution in [2.75, 3.05) is 0 Å². The van der Waals surface area contributed by atoms with Crippen molar-refractivity contribution in [1.82, 2.24) is 4.57 Å². The number of fused-ring (bicyclic) bond motifs is 9. The molecular weight excluding hydrogens is 585 g/mol. The Morgan fingerprint density at radius 3 is 1.79 bits per heavy atom. The van der Waals surface area contributed by atoms with Gasteiger partial charge in [0.15, 0.2) is 0 Å². The second-order valence-electron chi connectivity index (χ2n) is 12.3. The third-order valence-corrected chi connectivity index (χ3v) is 9.71. The first-order valence-corrected chi connectivity index (χ1v) is 15.9. The van der Waals surface area contributed by atoms with E-state index in [0.717, 1.165) is 37.9 Å². The monoisotopic (exact) mass is 618 g/mol. The summed E-state index contributed by atoms with van der Waals surface area (Å²) in [4.78, 5) is 0. The zero-order valence-electron chi connectivity index (χ0n) is 32.3. The molecule has 4 heteroatoms. The smallest absolute Gasteiger partial charge is 0.260 e. The summed E-state index contributed by atoms with van der Waals surface area (Å²) in [5.74, 6) is 2.37. The highest BCUT2D eigenvalue weighted by Crippen LogP contribution is 2.42. The van der Waals surface area contributed by atoms with Gasteiger partial charge >= 0.3 is 0 Å². The fraction of sp³-hybridized carbons (Fsp3) is 0. The Hall–Kier alpha value is -6.26. The second kappa shape index (κ2) is 9.63. The summed E-state index contributed by atoms with van der Waals surface area (Å²) >= 11 is 0. The third-order valence-electron chi connectivity index (χ3n) is 9.71. The molecule has 9 aromatic rings. The number of hydrogen-bond acceptors (Lipinski definition) is 2. The molecule has 2 aliphatic rings. The molecule has 0 radical (unpaired) electrons. The van der Waals surface area contributed by atoms with E-state index in [-0.39, 0.29) is 64.3 Å². The van der Waals surface area contributed by atoms with E-state index in [1.54, 1.807) is 16.7 Å². The first-order chi connectivity index (χ1) is 26.7. The lowest BCUT2D eigenvalue weighted by Gasteiger charge is -2.33. The lowest BCUT2D eigenvalue weighted by molar-refractivity contribution is 0.464. The van der Waals surface area contributed by atoms with Crippen LogP contribution >= 0.6 is 0 Å². The van der Waals surface area contributed by atoms with E-state index in [2.05, 4.69) is 6.07 Å². The van der Waals surface area contributed by atoms with E-state index in [4.69, 9.17) is 12.2 Å². The van der Waals surface area contributed by atoms with Gasteiger partial charge < -0.3 is 14.0 Å². The van der Waals surface area contributed by atoms with Crippen molar-refractivity contribution < 1.29 is 19.1 Å². The average molecular weight is 619 g/mol. The molecule has 8 aromatic carbocycles. The summed E-state index contributed by atoms with van der Waals surface area (Å²) < 4.78 is 79.9. The van der Waals surface area contributed by atoms with Crippen molar-refractivity contribution in [3.63, 3.8) is 0 Å². The van der Waals surface area contributed by atoms with Crippen molar-refractivity contribution in [2.45, 2.75) is 0 Å². The Labute approximate surface area is 287 Å². The molecule has 0 unspecified atom stereocenters. The summed E-state index contributed by atoms with van der Waals surface area (Å²) in [6.07, 6.45) is 0. The Morgan fingerprint density at radius 1 is 0.521 bits per heavy atom. The highest BCUT2D eigenvalue weighted by molar-refractivity contribution is 6.98. The third kappa shape index (κ3) is 3.54. The Bertz CT molecular complexity index is 3090. The van der Waals surface area contributed by atoms with Gasteiger partial charge in [-0.2, -0.15) is 0 Å². The lowest BCUT2D eigenvalue weighted by atomic mass is 9.35. The predicted molar refractivity (Wildman–Crippen MR) is 199 cm³/mol. The number of benzene rings is 8. The highest BCUT2D eigenvalue weighted by atomic mass is 16.5. The molecule has 0 bridgehead atoms. The molecule has 0 aliphatic carbocycles. The van der Waals surface area contributed by atoms with E-state index < -0.39 is 12.1 Å². The average Bonchev–Trinajstić information content (AvgIpc) is 3.58. The van der Waals surface area contributed by atoms with E-state index in [1.807, 2.05) is 97.1 Å². The van der Waals surface area contributed by atoms with Crippen LogP contribution in [0.2, 0.25) is 0 Å². The largest absolute Gasteiger partial charge is 0.458 e. The molecular formula is C44H26BNO2. The van der Waals surface area contributed by atoms with Crippen molar-refractivity contribution >= 4 is 66.5 Å². The van der Waals surface area contributed by atoms with Gasteiger partial charge in [-0.25, -0.2) is 0 Å². The molecule has 3 heterocycles. The maximum absolute atomic E-state index is 9.92. The molecule has 222 valence electrons. The van der Waals surface area contributed by atoms with E-state index in [0.29, 0.717) is 34.2 Å². The molecule has 0 amide bonds. The zero-order chi connectivity index (χ0) is 37.4. The summed E-state index contributed by atoms with van der Waals surface area (Å²) in [5.41, 5.74) is 4.29. The molecule has 0 atom stereocenters. The number of ether oxygens (including phenoxy) is 2. The SMILES string of the molecule is [2H]c1c([2H])c([2H])c2c(c1[2H])c1c([2H])c(-c3c4ccccc4cc4ccccc34)c([2H])c([2H])c1n2-c1cc2c3c(c1)Oc1ccccc1B3c1ccccc1O2. The lowest BCUT2D eigenvalue weighted by Crippen LogP contribution is -2.57. The summed E-state index contributed by atoms with van der Waals surface area (Å²) in [7, 11) is 0. The highest BCUT2D eigenvalue weighted by Gasteiger charge is 2.40. The number of para-hydroxylation sites is 3. The Balaban J connectivity index is 1.28. The molecule has 1 aromatic heterocycles. The van der Waals surface area contributed by atoms with Crippen LogP contribution < -0.4 is 25.9 Å². The van der Waals surface area contributed by atoms with Crippen LogP contribution in [-0.4, -0.2) is 11.3 Å². The number of aromatic nitrogens is 1. The van der Waals surface area contributed by atoms with E-state index >= 15 is 0 Å². The molecule has 3 nitrogen and oxygen atoms in total. The fourth-order valence-electron chi connectivity index (χ4n) is 7.69. The first kappa shape index (κ1) is 20.1. The van der Waals surface area contributed by atoms with Crippen LogP contribution in [-0.2, 0) is 0 Å². The van der Waals surface area contributed by atoms with Gasteiger partial charge in [-0.05, 0) is 79.9 Å². The molecule has 2 aliphatic heterocycles. The first-order valence-electron chi connectivity index (χ1n) is 19.4. The molecule has 0 saturated heterocycles. The second-order valence-corrected chi connectivity index (χ2v) is 12.3. The molecule has 0 spiro atoms. The van der Waals surface area contributed by atoms with E-state index in [9.17, 15) is 6.85 Å². The van der Waals surface area contributed by atoms with Crippen LogP contribution in [0, 0.1) is 0 Å². The van der Waals surface area contributed by atoms with Crippen LogP contribution in [0.4, 0.5) is 0 Å². The standard InChI is InChI=1S/C44H26BNO2/c1-3-13-31-27(11-1)23-28-12-2-4-14-32(28)43(31)29-21-22-38-34(24-29)33-15-5-8-18-37(33)46(38)30-25-41-44-42(26-30)48-40-20-10-7-17-36(40)45(44)35-16-6-9-19-39(35)47-41/h1-26H/i5D,8D,15D,18D,21D,22D,24D. The Kier molecular flexibility index (Phi) is 4.03. The fourth-order valence-corrected chi connectivity index (χ4v) is 7.69. The molecule has 0 saturated carbocycles. The summed E-state index contributed by atoms with van der Waals surface area (Å²) in [6.45, 7) is -0.186. The van der Waals surface area contributed by atoms with Gasteiger partial charge in [-0.15, -0.1) is 0 Å². The maximum Gasteiger partial charge on any atom is 0.260 e. The molecule has 11 rings (SSSR count). The van der Waals surface area contributed by atoms with Gasteiger partial charge in [0.1, 0.15) is 23.0 Å². The van der Waals surface area contributed by atoms with Gasteiger partial charge in [0.05, 0.1) is 26.3 Å². The molecule has 0 N–H and O–H groups in total. The molecule has 0 fully saturated rings. The van der Waals surface area contributed by atoms with Gasteiger partial charge in [-0.1, -0.05) is 109 Å². The molecule has 48 heavy (non-hydrogen) atoms. The van der Waals surface area contributed by atoms with Crippen LogP contribution in [0.25, 0.3) is 60.2 Å². The van der Waals surface area contributed by atoms with Crippen molar-refractivity contribution in [3.8, 4) is 39.8 Å². The van der Waals surface area contributed by atoms with Gasteiger partial charge in [0.2, 0.25) is 0 Å². The summed E-state index contributed by atoms with van der Waals surface area (Å²) in [6, 6.07) is 34.9. The van der Waals surface area contributed by atoms with Crippen LogP contribution in [0.3, 0.4) is 0 Å². The van der Waals surface area contributed by atoms with Crippen LogP contribution in [0.1, 0.15) is 9.60 Å². The number of nitrogens with zero attached hydrogens (tertiary/aromatic N) is 1. The summed E-state index contributed by atoms with van der Waals surface area (Å²) in [5, 5.41) is 3.71. The minimum Gasteiger partial charge on any atom is -0.458 e. The number of hydrogen-bond donors (Lipinski definition) is 0.